The average molecular weight is 425 g/mol. The summed E-state index contributed by atoms with van der Waals surface area (Å²) in [4.78, 5) is 20.1. The van der Waals surface area contributed by atoms with Gasteiger partial charge in [0.15, 0.2) is 0 Å². The van der Waals surface area contributed by atoms with Crippen molar-refractivity contribution in [2.75, 3.05) is 11.1 Å². The molecular formula is C22H20N2OS3. The number of para-hydroxylation sites is 1. The van der Waals surface area contributed by atoms with E-state index < -0.39 is 0 Å². The summed E-state index contributed by atoms with van der Waals surface area (Å²) in [5, 5.41) is 4.99. The number of rotatable bonds is 5. The van der Waals surface area contributed by atoms with E-state index in [1.807, 2.05) is 42.5 Å². The van der Waals surface area contributed by atoms with Crippen LogP contribution in [0.2, 0.25) is 0 Å². The third-order valence-electron chi connectivity index (χ3n) is 4.55. The number of aromatic nitrogens is 1. The Morgan fingerprint density at radius 2 is 1.82 bits per heavy atom. The molecule has 2 aromatic carbocycles. The third kappa shape index (κ3) is 3.60. The molecule has 0 aliphatic rings. The second-order valence-corrected chi connectivity index (χ2v) is 9.92. The van der Waals surface area contributed by atoms with E-state index in [0.29, 0.717) is 5.56 Å². The van der Waals surface area contributed by atoms with E-state index in [4.69, 9.17) is 4.98 Å². The van der Waals surface area contributed by atoms with Crippen molar-refractivity contribution in [2.24, 2.45) is 0 Å². The molecule has 0 atom stereocenters. The lowest BCUT2D eigenvalue weighted by molar-refractivity contribution is 0.102. The van der Waals surface area contributed by atoms with Gasteiger partial charge in [0.1, 0.15) is 10.0 Å². The van der Waals surface area contributed by atoms with E-state index in [1.54, 1.807) is 34.4 Å². The first kappa shape index (κ1) is 19.2. The first-order valence-corrected chi connectivity index (χ1v) is 11.7. The highest BCUT2D eigenvalue weighted by atomic mass is 32.2. The molecule has 6 heteroatoms. The highest BCUT2D eigenvalue weighted by Gasteiger charge is 2.21. The van der Waals surface area contributed by atoms with Crippen LogP contribution in [-0.2, 0) is 0 Å². The van der Waals surface area contributed by atoms with Crippen molar-refractivity contribution in [3.8, 4) is 10.6 Å². The zero-order chi connectivity index (χ0) is 19.7. The van der Waals surface area contributed by atoms with E-state index in [1.165, 1.54) is 10.4 Å². The van der Waals surface area contributed by atoms with Gasteiger partial charge in [0.25, 0.3) is 5.91 Å². The van der Waals surface area contributed by atoms with Crippen LogP contribution < -0.4 is 5.32 Å². The Kier molecular flexibility index (Phi) is 5.53. The maximum atomic E-state index is 13.1. The summed E-state index contributed by atoms with van der Waals surface area (Å²) >= 11 is 4.97. The van der Waals surface area contributed by atoms with E-state index in [2.05, 4.69) is 32.2 Å². The Bertz CT molecular complexity index is 1130. The minimum absolute atomic E-state index is 0.0693. The Balaban J connectivity index is 1.73. The summed E-state index contributed by atoms with van der Waals surface area (Å²) in [6, 6.07) is 15.9. The summed E-state index contributed by atoms with van der Waals surface area (Å²) in [6.07, 6.45) is 0. The van der Waals surface area contributed by atoms with Crippen molar-refractivity contribution in [3.63, 3.8) is 0 Å². The van der Waals surface area contributed by atoms with Crippen molar-refractivity contribution in [1.29, 1.82) is 0 Å². The smallest absolute Gasteiger partial charge is 0.257 e. The number of nitrogens with one attached hydrogen (secondary N) is 1. The molecule has 0 bridgehead atoms. The molecular weight excluding hydrogens is 404 g/mol. The number of thiazole rings is 1. The molecule has 0 saturated carbocycles. The minimum Gasteiger partial charge on any atom is -0.313 e. The monoisotopic (exact) mass is 424 g/mol. The largest absolute Gasteiger partial charge is 0.313 e. The van der Waals surface area contributed by atoms with Crippen LogP contribution in [0, 0.1) is 13.8 Å². The van der Waals surface area contributed by atoms with Gasteiger partial charge in [-0.1, -0.05) is 31.2 Å². The number of carbonyl (C=O) groups is 1. The summed E-state index contributed by atoms with van der Waals surface area (Å²) in [7, 11) is 0. The molecule has 3 nitrogen and oxygen atoms in total. The number of carbonyl (C=O) groups excluding carboxylic acids is 1. The quantitative estimate of drug-likeness (QED) is 0.350. The molecule has 142 valence electrons. The number of aryl methyl sites for hydroxylation is 1. The van der Waals surface area contributed by atoms with Gasteiger partial charge in [0.05, 0.1) is 15.8 Å². The van der Waals surface area contributed by atoms with E-state index >= 15 is 0 Å². The van der Waals surface area contributed by atoms with Crippen LogP contribution in [-0.4, -0.2) is 16.6 Å². The summed E-state index contributed by atoms with van der Waals surface area (Å²) in [5.74, 6) is 0.860. The number of hydrogen-bond acceptors (Lipinski definition) is 5. The predicted octanol–water partition coefficient (Wildman–Crippen LogP) is 7.01. The molecule has 0 fully saturated rings. The van der Waals surface area contributed by atoms with E-state index in [-0.39, 0.29) is 5.91 Å². The van der Waals surface area contributed by atoms with Gasteiger partial charge in [0, 0.05) is 15.3 Å². The average Bonchev–Trinajstić information content (AvgIpc) is 3.23. The van der Waals surface area contributed by atoms with Crippen molar-refractivity contribution in [2.45, 2.75) is 25.7 Å². The summed E-state index contributed by atoms with van der Waals surface area (Å²) in [6.45, 7) is 6.29. The van der Waals surface area contributed by atoms with Crippen molar-refractivity contribution in [3.05, 3.63) is 64.5 Å². The second kappa shape index (κ2) is 8.07. The van der Waals surface area contributed by atoms with E-state index in [9.17, 15) is 4.79 Å². The molecule has 0 spiro atoms. The number of thiophene rings is 1. The highest BCUT2D eigenvalue weighted by molar-refractivity contribution is 7.99. The van der Waals surface area contributed by atoms with Gasteiger partial charge in [-0.05, 0) is 49.4 Å². The third-order valence-corrected chi connectivity index (χ3v) is 7.68. The molecule has 0 radical (unpaired) electrons. The molecule has 2 aromatic heterocycles. The summed E-state index contributed by atoms with van der Waals surface area (Å²) in [5.41, 5.74) is 3.93. The lowest BCUT2D eigenvalue weighted by Gasteiger charge is -2.09. The van der Waals surface area contributed by atoms with Gasteiger partial charge in [-0.25, -0.2) is 4.98 Å². The van der Waals surface area contributed by atoms with Crippen molar-refractivity contribution < 1.29 is 4.79 Å². The zero-order valence-corrected chi connectivity index (χ0v) is 18.4. The molecule has 0 saturated heterocycles. The number of anilines is 1. The van der Waals surface area contributed by atoms with Crippen LogP contribution in [0.3, 0.4) is 0 Å². The number of thioether (sulfide) groups is 1. The van der Waals surface area contributed by atoms with Crippen LogP contribution in [0.4, 0.5) is 5.00 Å². The maximum absolute atomic E-state index is 13.1. The SMILES string of the molecule is CCSc1ccccc1C(=O)Nc1sc(C)c(C)c1-c1nc2ccccc2s1. The number of hydrogen-bond donors (Lipinski definition) is 1. The number of fused-ring (bicyclic) bond motifs is 1. The van der Waals surface area contributed by atoms with Gasteiger partial charge >= 0.3 is 0 Å². The van der Waals surface area contributed by atoms with Crippen LogP contribution in [0.1, 0.15) is 27.7 Å². The van der Waals surface area contributed by atoms with Gasteiger partial charge < -0.3 is 5.32 Å². The fourth-order valence-electron chi connectivity index (χ4n) is 3.06. The maximum Gasteiger partial charge on any atom is 0.257 e. The topological polar surface area (TPSA) is 42.0 Å². The lowest BCUT2D eigenvalue weighted by atomic mass is 10.1. The fraction of sp³-hybridized carbons (Fsp3) is 0.182. The van der Waals surface area contributed by atoms with E-state index in [0.717, 1.165) is 36.4 Å². The molecule has 0 aliphatic heterocycles. The van der Waals surface area contributed by atoms with Crippen molar-refractivity contribution in [1.82, 2.24) is 4.98 Å². The standard InChI is InChI=1S/C22H20N2OS3/c1-4-26-17-11-7-5-9-15(17)20(25)24-22-19(13(2)14(3)27-22)21-23-16-10-6-8-12-18(16)28-21/h5-12H,4H2,1-3H3,(H,24,25). The van der Waals surface area contributed by atoms with Gasteiger partial charge in [-0.15, -0.1) is 34.4 Å². The van der Waals surface area contributed by atoms with Crippen LogP contribution in [0.25, 0.3) is 20.8 Å². The van der Waals surface area contributed by atoms with Crippen LogP contribution in [0.5, 0.6) is 0 Å². The first-order valence-electron chi connectivity index (χ1n) is 9.07. The van der Waals surface area contributed by atoms with Gasteiger partial charge in [-0.2, -0.15) is 0 Å². The molecule has 0 aliphatic carbocycles. The molecule has 2 heterocycles. The summed E-state index contributed by atoms with van der Waals surface area (Å²) < 4.78 is 1.16. The molecule has 4 rings (SSSR count). The molecule has 4 aromatic rings. The fourth-order valence-corrected chi connectivity index (χ4v) is 6.06. The van der Waals surface area contributed by atoms with Gasteiger partial charge in [0.2, 0.25) is 0 Å². The first-order chi connectivity index (χ1) is 13.6. The second-order valence-electron chi connectivity index (χ2n) is 6.36. The Morgan fingerprint density at radius 3 is 2.61 bits per heavy atom. The van der Waals surface area contributed by atoms with Gasteiger partial charge in [-0.3, -0.25) is 4.79 Å². The molecule has 0 unspecified atom stereocenters. The Morgan fingerprint density at radius 1 is 1.07 bits per heavy atom. The number of nitrogens with zero attached hydrogens (tertiary/aromatic N) is 1. The van der Waals surface area contributed by atoms with Crippen LogP contribution in [0.15, 0.2) is 53.4 Å². The van der Waals surface area contributed by atoms with Crippen LogP contribution >= 0.6 is 34.4 Å². The molecule has 1 N–H and O–H groups in total. The zero-order valence-electron chi connectivity index (χ0n) is 15.9. The Hall–Kier alpha value is -2.15. The highest BCUT2D eigenvalue weighted by Crippen LogP contribution is 2.43. The molecule has 28 heavy (non-hydrogen) atoms. The Labute approximate surface area is 176 Å². The normalized spacial score (nSPS) is 11.1. The van der Waals surface area contributed by atoms with Crippen molar-refractivity contribution >= 4 is 55.6 Å². The number of benzene rings is 2. The number of amides is 1. The lowest BCUT2D eigenvalue weighted by Crippen LogP contribution is -2.12. The predicted molar refractivity (Wildman–Crippen MR) is 123 cm³/mol. The minimum atomic E-state index is -0.0693. The molecule has 1 amide bonds.